The molecule has 1 atom stereocenters. The molecule has 1 aromatic carbocycles. The summed E-state index contributed by atoms with van der Waals surface area (Å²) in [6, 6.07) is 8.64. The summed E-state index contributed by atoms with van der Waals surface area (Å²) in [7, 11) is 0. The highest BCUT2D eigenvalue weighted by Gasteiger charge is 2.22. The standard InChI is InChI=1S/C15H21ClN2O/c1-11(14-5-3-4-6-15(14)16)17-13-7-9-18(10-8-13)12(2)19/h3-6,11,13,17H,7-10H2,1-2H3. The van der Waals surface area contributed by atoms with Crippen molar-refractivity contribution in [2.45, 2.75) is 38.8 Å². The van der Waals surface area contributed by atoms with Gasteiger partial charge >= 0.3 is 0 Å². The molecule has 1 aromatic rings. The van der Waals surface area contributed by atoms with Crippen LogP contribution >= 0.6 is 11.6 Å². The topological polar surface area (TPSA) is 32.3 Å². The first-order chi connectivity index (χ1) is 9.08. The van der Waals surface area contributed by atoms with Crippen LogP contribution in [-0.2, 0) is 4.79 Å². The number of hydrogen-bond donors (Lipinski definition) is 1. The SMILES string of the molecule is CC(=O)N1CCC(NC(C)c2ccccc2Cl)CC1. The van der Waals surface area contributed by atoms with Crippen molar-refractivity contribution in [1.29, 1.82) is 0 Å². The number of likely N-dealkylation sites (tertiary alicyclic amines) is 1. The maximum atomic E-state index is 11.3. The van der Waals surface area contributed by atoms with E-state index in [2.05, 4.69) is 18.3 Å². The van der Waals surface area contributed by atoms with Gasteiger partial charge in [0.25, 0.3) is 0 Å². The van der Waals surface area contributed by atoms with E-state index < -0.39 is 0 Å². The lowest BCUT2D eigenvalue weighted by molar-refractivity contribution is -0.129. The summed E-state index contributed by atoms with van der Waals surface area (Å²) in [5.41, 5.74) is 1.14. The fraction of sp³-hybridized carbons (Fsp3) is 0.533. The maximum Gasteiger partial charge on any atom is 0.219 e. The van der Waals surface area contributed by atoms with Gasteiger partial charge in [-0.2, -0.15) is 0 Å². The third-order valence-electron chi connectivity index (χ3n) is 3.80. The number of carbonyl (C=O) groups is 1. The summed E-state index contributed by atoms with van der Waals surface area (Å²) in [5.74, 6) is 0.178. The van der Waals surface area contributed by atoms with Gasteiger partial charge in [0, 0.05) is 37.1 Å². The molecule has 19 heavy (non-hydrogen) atoms. The monoisotopic (exact) mass is 280 g/mol. The molecule has 0 spiro atoms. The number of nitrogens with one attached hydrogen (secondary N) is 1. The number of halogens is 1. The minimum absolute atomic E-state index is 0.178. The van der Waals surface area contributed by atoms with Crippen LogP contribution in [0.5, 0.6) is 0 Å². The third kappa shape index (κ3) is 3.71. The molecule has 1 heterocycles. The fourth-order valence-electron chi connectivity index (χ4n) is 2.63. The van der Waals surface area contributed by atoms with E-state index in [1.54, 1.807) is 6.92 Å². The van der Waals surface area contributed by atoms with Crippen LogP contribution in [0.2, 0.25) is 5.02 Å². The van der Waals surface area contributed by atoms with Gasteiger partial charge in [-0.1, -0.05) is 29.8 Å². The number of carbonyl (C=O) groups excluding carboxylic acids is 1. The van der Waals surface area contributed by atoms with Gasteiger partial charge in [-0.15, -0.1) is 0 Å². The molecule has 1 unspecified atom stereocenters. The van der Waals surface area contributed by atoms with Crippen LogP contribution < -0.4 is 5.32 Å². The van der Waals surface area contributed by atoms with Crippen molar-refractivity contribution in [3.05, 3.63) is 34.9 Å². The largest absolute Gasteiger partial charge is 0.343 e. The van der Waals surface area contributed by atoms with Gasteiger partial charge in [-0.3, -0.25) is 4.79 Å². The van der Waals surface area contributed by atoms with Gasteiger partial charge in [0.05, 0.1) is 0 Å². The van der Waals surface area contributed by atoms with Gasteiger partial charge in [0.1, 0.15) is 0 Å². The van der Waals surface area contributed by atoms with Crippen LogP contribution in [0.3, 0.4) is 0 Å². The van der Waals surface area contributed by atoms with Gasteiger partial charge in [0.2, 0.25) is 5.91 Å². The Balaban J connectivity index is 1.89. The Labute approximate surface area is 119 Å². The van der Waals surface area contributed by atoms with Crippen LogP contribution in [-0.4, -0.2) is 29.9 Å². The van der Waals surface area contributed by atoms with Crippen molar-refractivity contribution in [2.75, 3.05) is 13.1 Å². The van der Waals surface area contributed by atoms with E-state index in [1.807, 2.05) is 23.1 Å². The molecule has 0 radical (unpaired) electrons. The minimum atomic E-state index is 0.178. The lowest BCUT2D eigenvalue weighted by atomic mass is 10.0. The summed E-state index contributed by atoms with van der Waals surface area (Å²) in [6.07, 6.45) is 2.02. The van der Waals surface area contributed by atoms with Crippen LogP contribution in [0.15, 0.2) is 24.3 Å². The number of benzene rings is 1. The zero-order chi connectivity index (χ0) is 13.8. The summed E-state index contributed by atoms with van der Waals surface area (Å²) >= 11 is 6.21. The van der Waals surface area contributed by atoms with Crippen LogP contribution in [0.4, 0.5) is 0 Å². The zero-order valence-corrected chi connectivity index (χ0v) is 12.3. The van der Waals surface area contributed by atoms with E-state index in [4.69, 9.17) is 11.6 Å². The zero-order valence-electron chi connectivity index (χ0n) is 11.5. The number of piperidine rings is 1. The fourth-order valence-corrected chi connectivity index (χ4v) is 2.93. The number of rotatable bonds is 3. The quantitative estimate of drug-likeness (QED) is 0.923. The lowest BCUT2D eigenvalue weighted by Crippen LogP contribution is -2.44. The van der Waals surface area contributed by atoms with E-state index in [9.17, 15) is 4.79 Å². The molecule has 0 saturated carbocycles. The molecule has 3 nitrogen and oxygen atoms in total. The second kappa shape index (κ2) is 6.40. The molecule has 1 amide bonds. The van der Waals surface area contributed by atoms with Gasteiger partial charge in [-0.25, -0.2) is 0 Å². The second-order valence-corrected chi connectivity index (χ2v) is 5.60. The number of nitrogens with zero attached hydrogens (tertiary/aromatic N) is 1. The predicted octanol–water partition coefficient (Wildman–Crippen LogP) is 3.00. The lowest BCUT2D eigenvalue weighted by Gasteiger charge is -2.33. The van der Waals surface area contributed by atoms with E-state index in [0.717, 1.165) is 36.5 Å². The highest BCUT2D eigenvalue weighted by atomic mass is 35.5. The summed E-state index contributed by atoms with van der Waals surface area (Å²) < 4.78 is 0. The molecular formula is C15H21ClN2O. The van der Waals surface area contributed by atoms with E-state index in [0.29, 0.717) is 6.04 Å². The third-order valence-corrected chi connectivity index (χ3v) is 4.14. The highest BCUT2D eigenvalue weighted by molar-refractivity contribution is 6.31. The smallest absolute Gasteiger partial charge is 0.219 e. The molecule has 2 rings (SSSR count). The molecule has 104 valence electrons. The molecule has 0 aliphatic carbocycles. The molecular weight excluding hydrogens is 260 g/mol. The van der Waals surface area contributed by atoms with Gasteiger partial charge in [0.15, 0.2) is 0 Å². The van der Waals surface area contributed by atoms with E-state index >= 15 is 0 Å². The number of amides is 1. The normalized spacial score (nSPS) is 18.4. The van der Waals surface area contributed by atoms with Crippen LogP contribution in [0, 0.1) is 0 Å². The van der Waals surface area contributed by atoms with Crippen molar-refractivity contribution >= 4 is 17.5 Å². The summed E-state index contributed by atoms with van der Waals surface area (Å²) in [5, 5.41) is 4.42. The van der Waals surface area contributed by atoms with Crippen molar-refractivity contribution < 1.29 is 4.79 Å². The first-order valence-electron chi connectivity index (χ1n) is 6.84. The Morgan fingerprint density at radius 1 is 1.37 bits per heavy atom. The van der Waals surface area contributed by atoms with Crippen molar-refractivity contribution in [3.63, 3.8) is 0 Å². The van der Waals surface area contributed by atoms with Crippen molar-refractivity contribution in [2.24, 2.45) is 0 Å². The van der Waals surface area contributed by atoms with Gasteiger partial charge in [-0.05, 0) is 31.4 Å². The first kappa shape index (κ1) is 14.4. The molecule has 1 N–H and O–H groups in total. The summed E-state index contributed by atoms with van der Waals surface area (Å²) in [4.78, 5) is 13.2. The first-order valence-corrected chi connectivity index (χ1v) is 7.21. The Bertz CT molecular complexity index is 442. The molecule has 1 aliphatic rings. The molecule has 0 bridgehead atoms. The Morgan fingerprint density at radius 3 is 2.58 bits per heavy atom. The number of hydrogen-bond acceptors (Lipinski definition) is 2. The highest BCUT2D eigenvalue weighted by Crippen LogP contribution is 2.24. The summed E-state index contributed by atoms with van der Waals surface area (Å²) in [6.45, 7) is 5.48. The Morgan fingerprint density at radius 2 is 2.00 bits per heavy atom. The van der Waals surface area contributed by atoms with Crippen molar-refractivity contribution in [3.8, 4) is 0 Å². The Hall–Kier alpha value is -1.06. The molecule has 4 heteroatoms. The maximum absolute atomic E-state index is 11.3. The molecule has 1 fully saturated rings. The molecule has 1 aliphatic heterocycles. The predicted molar refractivity (Wildman–Crippen MR) is 78.3 cm³/mol. The van der Waals surface area contributed by atoms with Gasteiger partial charge < -0.3 is 10.2 Å². The second-order valence-electron chi connectivity index (χ2n) is 5.19. The average Bonchev–Trinajstić information content (AvgIpc) is 2.39. The molecule has 0 aromatic heterocycles. The van der Waals surface area contributed by atoms with Crippen molar-refractivity contribution in [1.82, 2.24) is 10.2 Å². The Kier molecular flexibility index (Phi) is 4.83. The molecule has 1 saturated heterocycles. The average molecular weight is 281 g/mol. The van der Waals surface area contributed by atoms with Crippen LogP contribution in [0.25, 0.3) is 0 Å². The minimum Gasteiger partial charge on any atom is -0.343 e. The van der Waals surface area contributed by atoms with Crippen LogP contribution in [0.1, 0.15) is 38.3 Å². The van der Waals surface area contributed by atoms with E-state index in [1.165, 1.54) is 0 Å². The van der Waals surface area contributed by atoms with E-state index in [-0.39, 0.29) is 11.9 Å².